The first-order valence-electron chi connectivity index (χ1n) is 6.18. The number of halogens is 1. The molecule has 1 aromatic rings. The number of hydrogen-bond acceptors (Lipinski definition) is 3. The van der Waals surface area contributed by atoms with Gasteiger partial charge in [-0.3, -0.25) is 0 Å². The van der Waals surface area contributed by atoms with E-state index in [0.717, 1.165) is 30.2 Å². The molecule has 0 radical (unpaired) electrons. The van der Waals surface area contributed by atoms with Crippen molar-refractivity contribution in [3.63, 3.8) is 0 Å². The van der Waals surface area contributed by atoms with Gasteiger partial charge in [0.15, 0.2) is 11.5 Å². The maximum atomic E-state index is 5.65. The van der Waals surface area contributed by atoms with Crippen LogP contribution in [0, 0.1) is 5.92 Å². The van der Waals surface area contributed by atoms with E-state index in [1.807, 2.05) is 19.1 Å². The minimum Gasteiger partial charge on any atom is -0.493 e. The third kappa shape index (κ3) is 5.15. The fraction of sp³-hybridized carbons (Fsp3) is 0.571. The summed E-state index contributed by atoms with van der Waals surface area (Å²) in [5.74, 6) is 2.31. The van der Waals surface area contributed by atoms with Crippen LogP contribution in [0.2, 0.25) is 0 Å². The highest BCUT2D eigenvalue weighted by Gasteiger charge is 2.09. The molecule has 0 aliphatic carbocycles. The maximum Gasteiger partial charge on any atom is 0.165 e. The van der Waals surface area contributed by atoms with Crippen LogP contribution in [0.5, 0.6) is 11.5 Å². The van der Waals surface area contributed by atoms with Gasteiger partial charge in [0.05, 0.1) is 13.7 Å². The van der Waals surface area contributed by atoms with Crippen molar-refractivity contribution in [1.82, 2.24) is 5.32 Å². The minimum absolute atomic E-state index is 0. The fourth-order valence-corrected chi connectivity index (χ4v) is 1.66. The predicted octanol–water partition coefficient (Wildman–Crippen LogP) is 3.26. The second-order valence-electron chi connectivity index (χ2n) is 4.41. The molecule has 4 heteroatoms. The van der Waals surface area contributed by atoms with E-state index in [4.69, 9.17) is 9.47 Å². The Bertz CT molecular complexity index is 343. The van der Waals surface area contributed by atoms with E-state index >= 15 is 0 Å². The van der Waals surface area contributed by atoms with Crippen molar-refractivity contribution in [3.05, 3.63) is 23.8 Å². The summed E-state index contributed by atoms with van der Waals surface area (Å²) >= 11 is 0. The van der Waals surface area contributed by atoms with Crippen LogP contribution in [0.25, 0.3) is 0 Å². The minimum atomic E-state index is 0. The highest BCUT2D eigenvalue weighted by molar-refractivity contribution is 5.85. The summed E-state index contributed by atoms with van der Waals surface area (Å²) in [5, 5.41) is 3.42. The lowest BCUT2D eigenvalue weighted by atomic mass is 10.1. The SMILES string of the molecule is CCOc1c(CNCC(C)C)cccc1OC.Cl. The molecular formula is C14H24ClNO2. The van der Waals surface area contributed by atoms with Gasteiger partial charge in [0, 0.05) is 12.1 Å². The van der Waals surface area contributed by atoms with Gasteiger partial charge in [0.25, 0.3) is 0 Å². The lowest BCUT2D eigenvalue weighted by Gasteiger charge is -2.15. The average Bonchev–Trinajstić information content (AvgIpc) is 2.30. The molecule has 18 heavy (non-hydrogen) atoms. The van der Waals surface area contributed by atoms with E-state index in [2.05, 4.69) is 25.2 Å². The molecule has 0 spiro atoms. The number of para-hydroxylation sites is 1. The molecule has 0 aromatic heterocycles. The predicted molar refractivity (Wildman–Crippen MR) is 78.0 cm³/mol. The Kier molecular flexibility index (Phi) is 8.59. The lowest BCUT2D eigenvalue weighted by molar-refractivity contribution is 0.306. The first-order valence-corrected chi connectivity index (χ1v) is 6.18. The molecule has 3 nitrogen and oxygen atoms in total. The van der Waals surface area contributed by atoms with Crippen LogP contribution in [0.1, 0.15) is 26.3 Å². The Morgan fingerprint density at radius 3 is 2.56 bits per heavy atom. The van der Waals surface area contributed by atoms with E-state index in [-0.39, 0.29) is 12.4 Å². The van der Waals surface area contributed by atoms with Gasteiger partial charge < -0.3 is 14.8 Å². The zero-order valence-corrected chi connectivity index (χ0v) is 12.5. The summed E-state index contributed by atoms with van der Waals surface area (Å²) < 4.78 is 11.0. The van der Waals surface area contributed by atoms with Gasteiger partial charge in [-0.2, -0.15) is 0 Å². The topological polar surface area (TPSA) is 30.5 Å². The van der Waals surface area contributed by atoms with E-state index in [0.29, 0.717) is 12.5 Å². The largest absolute Gasteiger partial charge is 0.493 e. The summed E-state index contributed by atoms with van der Waals surface area (Å²) in [6, 6.07) is 5.99. The Balaban J connectivity index is 0.00000289. The van der Waals surface area contributed by atoms with Crippen molar-refractivity contribution in [1.29, 1.82) is 0 Å². The molecule has 104 valence electrons. The molecule has 0 heterocycles. The van der Waals surface area contributed by atoms with Crippen LogP contribution in [-0.4, -0.2) is 20.3 Å². The van der Waals surface area contributed by atoms with Crippen molar-refractivity contribution in [2.75, 3.05) is 20.3 Å². The van der Waals surface area contributed by atoms with E-state index in [1.165, 1.54) is 0 Å². The molecule has 0 fully saturated rings. The number of methoxy groups -OCH3 is 1. The number of rotatable bonds is 7. The normalized spacial score (nSPS) is 10.1. The van der Waals surface area contributed by atoms with E-state index in [1.54, 1.807) is 7.11 Å². The first kappa shape index (κ1) is 17.1. The molecule has 0 atom stereocenters. The van der Waals surface area contributed by atoms with Crippen molar-refractivity contribution in [2.45, 2.75) is 27.3 Å². The summed E-state index contributed by atoms with van der Waals surface area (Å²) in [6.45, 7) is 8.84. The molecule has 1 rings (SSSR count). The highest BCUT2D eigenvalue weighted by Crippen LogP contribution is 2.30. The number of ether oxygens (including phenoxy) is 2. The standard InChI is InChI=1S/C14H23NO2.ClH/c1-5-17-14-12(10-15-9-11(2)3)7-6-8-13(14)16-4;/h6-8,11,15H,5,9-10H2,1-4H3;1H. The van der Waals surface area contributed by atoms with Gasteiger partial charge in [-0.15, -0.1) is 12.4 Å². The van der Waals surface area contributed by atoms with Crippen LogP contribution in [-0.2, 0) is 6.54 Å². The zero-order chi connectivity index (χ0) is 12.7. The highest BCUT2D eigenvalue weighted by atomic mass is 35.5. The van der Waals surface area contributed by atoms with Gasteiger partial charge >= 0.3 is 0 Å². The number of hydrogen-bond donors (Lipinski definition) is 1. The van der Waals surface area contributed by atoms with Gasteiger partial charge in [0.1, 0.15) is 0 Å². The molecule has 0 unspecified atom stereocenters. The smallest absolute Gasteiger partial charge is 0.165 e. The van der Waals surface area contributed by atoms with Crippen LogP contribution < -0.4 is 14.8 Å². The second kappa shape index (κ2) is 9.06. The number of benzene rings is 1. The van der Waals surface area contributed by atoms with Gasteiger partial charge in [-0.1, -0.05) is 26.0 Å². The van der Waals surface area contributed by atoms with Crippen LogP contribution in [0.4, 0.5) is 0 Å². The Morgan fingerprint density at radius 2 is 2.00 bits per heavy atom. The van der Waals surface area contributed by atoms with Gasteiger partial charge in [-0.05, 0) is 25.5 Å². The third-order valence-electron chi connectivity index (χ3n) is 2.44. The molecular weight excluding hydrogens is 250 g/mol. The van der Waals surface area contributed by atoms with Crippen LogP contribution >= 0.6 is 12.4 Å². The Morgan fingerprint density at radius 1 is 1.28 bits per heavy atom. The summed E-state index contributed by atoms with van der Waals surface area (Å²) in [6.07, 6.45) is 0. The Labute approximate surface area is 116 Å². The van der Waals surface area contributed by atoms with Gasteiger partial charge in [-0.25, -0.2) is 0 Å². The van der Waals surface area contributed by atoms with Crippen LogP contribution in [0.3, 0.4) is 0 Å². The van der Waals surface area contributed by atoms with Crippen LogP contribution in [0.15, 0.2) is 18.2 Å². The monoisotopic (exact) mass is 273 g/mol. The summed E-state index contributed by atoms with van der Waals surface area (Å²) in [4.78, 5) is 0. The first-order chi connectivity index (χ1) is 8.19. The third-order valence-corrected chi connectivity index (χ3v) is 2.44. The molecule has 1 N–H and O–H groups in total. The molecule has 0 aliphatic heterocycles. The molecule has 0 bridgehead atoms. The quantitative estimate of drug-likeness (QED) is 0.827. The van der Waals surface area contributed by atoms with Gasteiger partial charge in [0.2, 0.25) is 0 Å². The van der Waals surface area contributed by atoms with Crippen molar-refractivity contribution >= 4 is 12.4 Å². The molecule has 0 saturated carbocycles. The van der Waals surface area contributed by atoms with E-state index in [9.17, 15) is 0 Å². The summed E-state index contributed by atoms with van der Waals surface area (Å²) in [7, 11) is 1.67. The summed E-state index contributed by atoms with van der Waals surface area (Å²) in [5.41, 5.74) is 1.15. The molecule has 0 saturated heterocycles. The van der Waals surface area contributed by atoms with Crippen molar-refractivity contribution in [3.8, 4) is 11.5 Å². The lowest BCUT2D eigenvalue weighted by Crippen LogP contribution is -2.19. The zero-order valence-electron chi connectivity index (χ0n) is 11.7. The number of nitrogens with one attached hydrogen (secondary N) is 1. The van der Waals surface area contributed by atoms with Crippen molar-refractivity contribution in [2.24, 2.45) is 5.92 Å². The molecule has 0 aliphatic rings. The molecule has 1 aromatic carbocycles. The molecule has 0 amide bonds. The fourth-order valence-electron chi connectivity index (χ4n) is 1.66. The maximum absolute atomic E-state index is 5.65. The van der Waals surface area contributed by atoms with E-state index < -0.39 is 0 Å². The average molecular weight is 274 g/mol. The second-order valence-corrected chi connectivity index (χ2v) is 4.41. The van der Waals surface area contributed by atoms with Crippen molar-refractivity contribution < 1.29 is 9.47 Å². The Hall–Kier alpha value is -0.930.